The van der Waals surface area contributed by atoms with Crippen molar-refractivity contribution in [2.24, 2.45) is 11.8 Å². The van der Waals surface area contributed by atoms with E-state index < -0.39 is 0 Å². The number of nitrogens with zero attached hydrogens (tertiary/aromatic N) is 2. The number of benzene rings is 2. The number of nitrogens with one attached hydrogen (secondary N) is 2. The number of rotatable bonds is 5. The van der Waals surface area contributed by atoms with Gasteiger partial charge < -0.3 is 15.5 Å². The van der Waals surface area contributed by atoms with Crippen molar-refractivity contribution in [2.75, 3.05) is 23.7 Å². The van der Waals surface area contributed by atoms with Gasteiger partial charge in [0.1, 0.15) is 5.82 Å². The molecule has 2 heterocycles. The number of amides is 3. The lowest BCUT2D eigenvalue weighted by molar-refractivity contribution is -0.121. The lowest BCUT2D eigenvalue weighted by atomic mass is 9.95. The van der Waals surface area contributed by atoms with Crippen LogP contribution in [0.4, 0.5) is 11.5 Å². The fourth-order valence-electron chi connectivity index (χ4n) is 4.48. The van der Waals surface area contributed by atoms with E-state index >= 15 is 0 Å². The summed E-state index contributed by atoms with van der Waals surface area (Å²) < 4.78 is 0. The molecule has 2 fully saturated rings. The summed E-state index contributed by atoms with van der Waals surface area (Å²) in [6.45, 7) is 2.81. The second kappa shape index (κ2) is 9.25. The summed E-state index contributed by atoms with van der Waals surface area (Å²) in [4.78, 5) is 45.1. The SMILES string of the molecule is Cc1cccnc1NC(=O)C1CCCN(C(=O)c2cc3ccccc3cc2NC(=O)C2CC2)C1. The van der Waals surface area contributed by atoms with E-state index in [0.717, 1.165) is 35.6 Å². The highest BCUT2D eigenvalue weighted by atomic mass is 16.2. The predicted molar refractivity (Wildman–Crippen MR) is 132 cm³/mol. The van der Waals surface area contributed by atoms with Crippen LogP contribution in [0.5, 0.6) is 0 Å². The molecule has 7 nitrogen and oxygen atoms in total. The number of piperidine rings is 1. The number of aryl methyl sites for hydroxylation is 1. The molecule has 1 unspecified atom stereocenters. The Kier molecular flexibility index (Phi) is 6.01. The van der Waals surface area contributed by atoms with Gasteiger partial charge in [-0.1, -0.05) is 30.3 Å². The number of carbonyl (C=O) groups excluding carboxylic acids is 3. The Balaban J connectivity index is 1.37. The van der Waals surface area contributed by atoms with Gasteiger partial charge in [0.15, 0.2) is 0 Å². The maximum Gasteiger partial charge on any atom is 0.256 e. The van der Waals surface area contributed by atoms with Gasteiger partial charge in [-0.2, -0.15) is 0 Å². The third kappa shape index (κ3) is 4.64. The Bertz CT molecular complexity index is 1270. The number of likely N-dealkylation sites (tertiary alicyclic amines) is 1. The average molecular weight is 457 g/mol. The van der Waals surface area contributed by atoms with Crippen LogP contribution in [0.2, 0.25) is 0 Å². The first-order valence-corrected chi connectivity index (χ1v) is 11.8. The van der Waals surface area contributed by atoms with Crippen LogP contribution in [0.3, 0.4) is 0 Å². The van der Waals surface area contributed by atoms with E-state index in [4.69, 9.17) is 0 Å². The van der Waals surface area contributed by atoms with Gasteiger partial charge in [-0.3, -0.25) is 14.4 Å². The van der Waals surface area contributed by atoms with Gasteiger partial charge >= 0.3 is 0 Å². The minimum atomic E-state index is -0.316. The summed E-state index contributed by atoms with van der Waals surface area (Å²) in [6, 6.07) is 15.2. The molecule has 5 rings (SSSR count). The molecule has 34 heavy (non-hydrogen) atoms. The quantitative estimate of drug-likeness (QED) is 0.596. The number of anilines is 2. The largest absolute Gasteiger partial charge is 0.338 e. The molecule has 3 amide bonds. The average Bonchev–Trinajstić information content (AvgIpc) is 3.70. The Hall–Kier alpha value is -3.74. The van der Waals surface area contributed by atoms with E-state index in [0.29, 0.717) is 36.6 Å². The number of aromatic nitrogens is 1. The van der Waals surface area contributed by atoms with Crippen molar-refractivity contribution in [2.45, 2.75) is 32.6 Å². The van der Waals surface area contributed by atoms with Crippen LogP contribution in [-0.2, 0) is 9.59 Å². The van der Waals surface area contributed by atoms with Gasteiger partial charge in [0, 0.05) is 25.2 Å². The lowest BCUT2D eigenvalue weighted by Crippen LogP contribution is -2.44. The molecular formula is C27H28N4O3. The molecule has 0 spiro atoms. The van der Waals surface area contributed by atoms with E-state index in [2.05, 4.69) is 15.6 Å². The molecule has 2 aliphatic rings. The van der Waals surface area contributed by atoms with Crippen molar-refractivity contribution >= 4 is 40.0 Å². The first-order chi connectivity index (χ1) is 16.5. The second-order valence-electron chi connectivity index (χ2n) is 9.26. The van der Waals surface area contributed by atoms with E-state index in [9.17, 15) is 14.4 Å². The Morgan fingerprint density at radius 1 is 0.912 bits per heavy atom. The Labute approximate surface area is 198 Å². The van der Waals surface area contributed by atoms with Gasteiger partial charge in [-0.15, -0.1) is 0 Å². The van der Waals surface area contributed by atoms with Crippen LogP contribution >= 0.6 is 0 Å². The normalized spacial score (nSPS) is 17.9. The lowest BCUT2D eigenvalue weighted by Gasteiger charge is -2.32. The van der Waals surface area contributed by atoms with Crippen molar-refractivity contribution in [3.05, 3.63) is 65.9 Å². The Morgan fingerprint density at radius 3 is 2.38 bits per heavy atom. The second-order valence-corrected chi connectivity index (χ2v) is 9.26. The van der Waals surface area contributed by atoms with Crippen LogP contribution < -0.4 is 10.6 Å². The van der Waals surface area contributed by atoms with E-state index in [-0.39, 0.29) is 29.6 Å². The molecule has 0 radical (unpaired) electrons. The minimum absolute atomic E-state index is 0.0348. The van der Waals surface area contributed by atoms with Crippen LogP contribution in [0, 0.1) is 18.8 Å². The molecule has 1 aliphatic carbocycles. The van der Waals surface area contributed by atoms with Crippen LogP contribution in [0.25, 0.3) is 10.8 Å². The van der Waals surface area contributed by atoms with Crippen molar-refractivity contribution in [3.8, 4) is 0 Å². The molecule has 1 saturated carbocycles. The third-order valence-electron chi connectivity index (χ3n) is 6.65. The fraction of sp³-hybridized carbons (Fsp3) is 0.333. The van der Waals surface area contributed by atoms with Crippen molar-refractivity contribution in [3.63, 3.8) is 0 Å². The molecule has 3 aromatic rings. The molecule has 1 saturated heterocycles. The molecular weight excluding hydrogens is 428 g/mol. The molecule has 0 bridgehead atoms. The summed E-state index contributed by atoms with van der Waals surface area (Å²) in [5, 5.41) is 7.80. The number of pyridine rings is 1. The minimum Gasteiger partial charge on any atom is -0.338 e. The summed E-state index contributed by atoms with van der Waals surface area (Å²) in [5.41, 5.74) is 1.90. The summed E-state index contributed by atoms with van der Waals surface area (Å²) >= 11 is 0. The highest BCUT2D eigenvalue weighted by Gasteiger charge is 2.33. The molecule has 174 valence electrons. The van der Waals surface area contributed by atoms with E-state index in [1.54, 1.807) is 11.1 Å². The first kappa shape index (κ1) is 22.1. The van der Waals surface area contributed by atoms with E-state index in [1.165, 1.54) is 0 Å². The summed E-state index contributed by atoms with van der Waals surface area (Å²) in [5.74, 6) is -0.0541. The monoisotopic (exact) mass is 456 g/mol. The highest BCUT2D eigenvalue weighted by molar-refractivity contribution is 6.08. The summed E-state index contributed by atoms with van der Waals surface area (Å²) in [6.07, 6.45) is 4.88. The zero-order valence-electron chi connectivity index (χ0n) is 19.2. The van der Waals surface area contributed by atoms with Gasteiger partial charge in [0.05, 0.1) is 17.2 Å². The van der Waals surface area contributed by atoms with Gasteiger partial charge in [-0.05, 0) is 67.1 Å². The van der Waals surface area contributed by atoms with Crippen molar-refractivity contribution in [1.82, 2.24) is 9.88 Å². The fourth-order valence-corrected chi connectivity index (χ4v) is 4.48. The molecule has 7 heteroatoms. The first-order valence-electron chi connectivity index (χ1n) is 11.8. The highest BCUT2D eigenvalue weighted by Crippen LogP contribution is 2.33. The molecule has 2 N–H and O–H groups in total. The number of carbonyl (C=O) groups is 3. The molecule has 1 atom stereocenters. The Morgan fingerprint density at radius 2 is 1.65 bits per heavy atom. The number of hydrogen-bond acceptors (Lipinski definition) is 4. The molecule has 2 aromatic carbocycles. The van der Waals surface area contributed by atoms with E-state index in [1.807, 2.05) is 55.5 Å². The molecule has 1 aliphatic heterocycles. The smallest absolute Gasteiger partial charge is 0.256 e. The number of hydrogen-bond donors (Lipinski definition) is 2. The van der Waals surface area contributed by atoms with Crippen molar-refractivity contribution < 1.29 is 14.4 Å². The molecule has 1 aromatic heterocycles. The number of fused-ring (bicyclic) bond motifs is 1. The zero-order chi connectivity index (χ0) is 23.7. The predicted octanol–water partition coefficient (Wildman–Crippen LogP) is 4.38. The topological polar surface area (TPSA) is 91.4 Å². The zero-order valence-corrected chi connectivity index (χ0v) is 19.2. The maximum atomic E-state index is 13.6. The van der Waals surface area contributed by atoms with Crippen LogP contribution in [0.1, 0.15) is 41.6 Å². The maximum absolute atomic E-state index is 13.6. The van der Waals surface area contributed by atoms with Gasteiger partial charge in [0.25, 0.3) is 5.91 Å². The van der Waals surface area contributed by atoms with Crippen LogP contribution in [0.15, 0.2) is 54.7 Å². The summed E-state index contributed by atoms with van der Waals surface area (Å²) in [7, 11) is 0. The van der Waals surface area contributed by atoms with Gasteiger partial charge in [-0.25, -0.2) is 4.98 Å². The van der Waals surface area contributed by atoms with Crippen molar-refractivity contribution in [1.29, 1.82) is 0 Å². The standard InChI is InChI=1S/C27H28N4O3/c1-17-6-4-12-28-24(17)30-26(33)21-9-5-13-31(16-21)27(34)22-14-19-7-2-3-8-20(19)15-23(22)29-25(32)18-10-11-18/h2-4,6-8,12,14-15,18,21H,5,9-11,13,16H2,1H3,(H,29,32)(H,28,30,33). The third-order valence-corrected chi connectivity index (χ3v) is 6.65. The van der Waals surface area contributed by atoms with Gasteiger partial charge in [0.2, 0.25) is 11.8 Å². The van der Waals surface area contributed by atoms with Crippen LogP contribution in [-0.4, -0.2) is 40.7 Å².